The molecular weight excluding hydrogens is 724 g/mol. The first-order valence-electron chi connectivity index (χ1n) is 14.1. The van der Waals surface area contributed by atoms with Crippen LogP contribution in [0.2, 0.25) is 0 Å². The average Bonchev–Trinajstić information content (AvgIpc) is 2.97. The summed E-state index contributed by atoms with van der Waals surface area (Å²) in [5, 5.41) is 122. The third-order valence-electron chi connectivity index (χ3n) is 4.45. The molecule has 0 amide bonds. The van der Waals surface area contributed by atoms with E-state index in [1.807, 2.05) is 0 Å². The highest BCUT2D eigenvalue weighted by Crippen LogP contribution is 2.15. The first-order chi connectivity index (χ1) is 23.6. The summed E-state index contributed by atoms with van der Waals surface area (Å²) in [5.41, 5.74) is -2.74. The summed E-state index contributed by atoms with van der Waals surface area (Å²) in [4.78, 5) is 98.4. The van der Waals surface area contributed by atoms with Gasteiger partial charge in [0.05, 0.1) is 32.1 Å². The number of carboxylic acids is 10. The van der Waals surface area contributed by atoms with E-state index in [0.717, 1.165) is 12.8 Å². The highest BCUT2D eigenvalue weighted by molar-refractivity contribution is 5.88. The van der Waals surface area contributed by atoms with Gasteiger partial charge >= 0.3 is 59.7 Å². The van der Waals surface area contributed by atoms with Gasteiger partial charge in [-0.05, 0) is 32.6 Å². The lowest BCUT2D eigenvalue weighted by atomic mass is 9.96. The zero-order valence-electron chi connectivity index (χ0n) is 27.6. The largest absolute Gasteiger partial charge is 0.481 e. The summed E-state index contributed by atoms with van der Waals surface area (Å²) >= 11 is 0. The van der Waals surface area contributed by atoms with Crippen molar-refractivity contribution in [3.63, 3.8) is 0 Å². The standard InChI is InChI=1S/C6H8O7.C6H10O4.C4H6O5.C4H6O4.C4H10O2.C3H6O3/c7-3(8)1-6(13,5(11)12)2-4(9)10;7-5(8)3-1-2-4-6(9)10;5-2(4(8)9)1-3(6)7;5-3(6)1-2-4(7)8;5-3-1-2-4-6;1-2(4)3(5)6/h13H,1-2H2,(H,7,8)(H,9,10)(H,11,12);1-4H2,(H,7,8)(H,9,10);2,5H,1H2,(H,6,7)(H,8,9);1-2H2,(H,5,6)(H,7,8);5-6H,1-4H2;2,4H,1H3,(H,5,6). The van der Waals surface area contributed by atoms with Crippen LogP contribution >= 0.6 is 0 Å². The van der Waals surface area contributed by atoms with Crippen LogP contribution in [0.1, 0.15) is 77.6 Å². The molecule has 0 rings (SSSR count). The minimum absolute atomic E-state index is 0.0628. The molecule has 52 heavy (non-hydrogen) atoms. The van der Waals surface area contributed by atoms with Gasteiger partial charge in [0.15, 0.2) is 11.7 Å². The van der Waals surface area contributed by atoms with Crippen molar-refractivity contribution < 1.29 is 125 Å². The maximum atomic E-state index is 10.3. The van der Waals surface area contributed by atoms with Crippen molar-refractivity contribution in [3.05, 3.63) is 0 Å². The summed E-state index contributed by atoms with van der Waals surface area (Å²) in [6.45, 7) is 1.59. The first-order valence-corrected chi connectivity index (χ1v) is 14.1. The van der Waals surface area contributed by atoms with Gasteiger partial charge < -0.3 is 76.6 Å². The van der Waals surface area contributed by atoms with Crippen molar-refractivity contribution in [2.45, 2.75) is 95.4 Å². The van der Waals surface area contributed by atoms with Crippen molar-refractivity contribution in [2.75, 3.05) is 13.2 Å². The van der Waals surface area contributed by atoms with Gasteiger partial charge in [-0.15, -0.1) is 0 Å². The molecule has 0 heterocycles. The maximum absolute atomic E-state index is 10.3. The van der Waals surface area contributed by atoms with Gasteiger partial charge in [0, 0.05) is 26.1 Å². The van der Waals surface area contributed by atoms with Crippen molar-refractivity contribution in [1.82, 2.24) is 0 Å². The van der Waals surface area contributed by atoms with Crippen LogP contribution in [-0.2, 0) is 47.9 Å². The van der Waals surface area contributed by atoms with Crippen LogP contribution in [0.3, 0.4) is 0 Å². The Labute approximate surface area is 293 Å². The Bertz CT molecular complexity index is 1050. The number of carboxylic acid groups (broad SMARTS) is 10. The molecule has 0 aliphatic rings. The van der Waals surface area contributed by atoms with E-state index in [-0.39, 0.29) is 38.9 Å². The van der Waals surface area contributed by atoms with Gasteiger partial charge in [-0.25, -0.2) is 14.4 Å². The second-order valence-corrected chi connectivity index (χ2v) is 9.38. The first kappa shape index (κ1) is 58.7. The lowest BCUT2D eigenvalue weighted by molar-refractivity contribution is -0.170. The SMILES string of the molecule is CC(O)C(=O)O.O=C(O)CC(O)(CC(=O)O)C(=O)O.O=C(O)CC(O)C(=O)O.O=C(O)CCC(=O)O.O=C(O)CCCCC(=O)O.OCCCCO. The number of unbranched alkanes of at least 4 members (excludes halogenated alkanes) is 2. The number of aliphatic carboxylic acids is 10. The Morgan fingerprint density at radius 3 is 0.885 bits per heavy atom. The Morgan fingerprint density at radius 2 is 0.750 bits per heavy atom. The molecule has 0 aliphatic carbocycles. The minimum atomic E-state index is -2.74. The Morgan fingerprint density at radius 1 is 0.462 bits per heavy atom. The fourth-order valence-corrected chi connectivity index (χ4v) is 1.96. The number of carbonyl (C=O) groups is 10. The molecule has 0 saturated heterocycles. The Balaban J connectivity index is -0.000000125. The Hall–Kier alpha value is -5.50. The fraction of sp³-hybridized carbons (Fsp3) is 0.630. The van der Waals surface area contributed by atoms with Gasteiger partial charge in [-0.2, -0.15) is 0 Å². The summed E-state index contributed by atoms with van der Waals surface area (Å²) in [6.07, 6.45) is -4.20. The second kappa shape index (κ2) is 36.8. The summed E-state index contributed by atoms with van der Waals surface area (Å²) in [6, 6.07) is 0. The van der Waals surface area contributed by atoms with E-state index in [1.54, 1.807) is 0 Å². The summed E-state index contributed by atoms with van der Waals surface area (Å²) in [5.74, 6) is -12.9. The molecule has 25 heteroatoms. The lowest BCUT2D eigenvalue weighted by Gasteiger charge is -2.18. The smallest absolute Gasteiger partial charge is 0.336 e. The summed E-state index contributed by atoms with van der Waals surface area (Å²) < 4.78 is 0. The molecule has 0 aromatic carbocycles. The van der Waals surface area contributed by atoms with E-state index in [1.165, 1.54) is 6.92 Å². The van der Waals surface area contributed by atoms with Gasteiger partial charge in [-0.1, -0.05) is 0 Å². The highest BCUT2D eigenvalue weighted by atomic mass is 16.4. The van der Waals surface area contributed by atoms with Crippen LogP contribution in [0.15, 0.2) is 0 Å². The third-order valence-corrected chi connectivity index (χ3v) is 4.45. The van der Waals surface area contributed by atoms with Gasteiger partial charge in [0.1, 0.15) is 6.10 Å². The predicted molar refractivity (Wildman–Crippen MR) is 164 cm³/mol. The molecule has 25 nitrogen and oxygen atoms in total. The fourth-order valence-electron chi connectivity index (χ4n) is 1.96. The minimum Gasteiger partial charge on any atom is -0.481 e. The monoisotopic (exact) mass is 770 g/mol. The number of hydrogen-bond acceptors (Lipinski definition) is 15. The van der Waals surface area contributed by atoms with E-state index < -0.39 is 96.8 Å². The number of rotatable bonds is 20. The molecule has 0 saturated carbocycles. The van der Waals surface area contributed by atoms with Crippen LogP contribution in [-0.4, -0.2) is 167 Å². The van der Waals surface area contributed by atoms with Crippen LogP contribution in [0, 0.1) is 0 Å². The van der Waals surface area contributed by atoms with E-state index in [0.29, 0.717) is 12.8 Å². The topological polar surface area (TPSA) is 474 Å². The zero-order valence-corrected chi connectivity index (χ0v) is 27.6. The van der Waals surface area contributed by atoms with Crippen molar-refractivity contribution >= 4 is 59.7 Å². The van der Waals surface area contributed by atoms with E-state index in [4.69, 9.17) is 76.6 Å². The molecule has 2 unspecified atom stereocenters. The maximum Gasteiger partial charge on any atom is 0.336 e. The highest BCUT2D eigenvalue weighted by Gasteiger charge is 2.40. The van der Waals surface area contributed by atoms with Crippen molar-refractivity contribution in [3.8, 4) is 0 Å². The Kier molecular flexibility index (Phi) is 41.5. The normalized spacial score (nSPS) is 10.6. The van der Waals surface area contributed by atoms with E-state index >= 15 is 0 Å². The molecule has 304 valence electrons. The molecule has 0 fully saturated rings. The quantitative estimate of drug-likeness (QED) is 0.0569. The third kappa shape index (κ3) is 59.9. The molecule has 0 aromatic heterocycles. The van der Waals surface area contributed by atoms with Gasteiger partial charge in [0.2, 0.25) is 0 Å². The average molecular weight is 771 g/mol. The zero-order chi connectivity index (χ0) is 42.6. The molecule has 0 spiro atoms. The van der Waals surface area contributed by atoms with Crippen molar-refractivity contribution in [2.24, 2.45) is 0 Å². The van der Waals surface area contributed by atoms with Gasteiger partial charge in [0.25, 0.3) is 0 Å². The van der Waals surface area contributed by atoms with E-state index in [9.17, 15) is 47.9 Å². The number of aliphatic hydroxyl groups excluding tert-OH is 4. The molecule has 15 N–H and O–H groups in total. The van der Waals surface area contributed by atoms with E-state index in [2.05, 4.69) is 0 Å². The molecule has 0 aliphatic heterocycles. The number of aliphatic hydroxyl groups is 5. The van der Waals surface area contributed by atoms with Crippen LogP contribution < -0.4 is 0 Å². The molecule has 0 aromatic rings. The lowest BCUT2D eigenvalue weighted by Crippen LogP contribution is -2.42. The predicted octanol–water partition coefficient (Wildman–Crippen LogP) is -2.49. The summed E-state index contributed by atoms with van der Waals surface area (Å²) in [7, 11) is 0. The van der Waals surface area contributed by atoms with Crippen LogP contribution in [0.5, 0.6) is 0 Å². The molecule has 0 radical (unpaired) electrons. The van der Waals surface area contributed by atoms with Gasteiger partial charge in [-0.3, -0.25) is 33.6 Å². The second-order valence-electron chi connectivity index (χ2n) is 9.38. The molecule has 2 atom stereocenters. The van der Waals surface area contributed by atoms with Crippen LogP contribution in [0.4, 0.5) is 0 Å². The van der Waals surface area contributed by atoms with Crippen molar-refractivity contribution in [1.29, 1.82) is 0 Å². The van der Waals surface area contributed by atoms with Crippen LogP contribution in [0.25, 0.3) is 0 Å². The molecule has 0 bridgehead atoms. The number of hydrogen-bond donors (Lipinski definition) is 15. The molecular formula is C27H46O25.